The number of benzene rings is 1. The van der Waals surface area contributed by atoms with Crippen LogP contribution in [-0.4, -0.2) is 24.9 Å². The van der Waals surface area contributed by atoms with Crippen molar-refractivity contribution in [1.29, 1.82) is 0 Å². The van der Waals surface area contributed by atoms with Gasteiger partial charge in [0.25, 0.3) is 5.91 Å². The van der Waals surface area contributed by atoms with Gasteiger partial charge in [-0.05, 0) is 24.3 Å². The minimum Gasteiger partial charge on any atom is -0.380 e. The van der Waals surface area contributed by atoms with E-state index in [-0.39, 0.29) is 5.91 Å². The molecule has 0 saturated carbocycles. The van der Waals surface area contributed by atoms with Gasteiger partial charge in [0, 0.05) is 31.2 Å². The molecule has 1 aromatic heterocycles. The first-order valence-electron chi connectivity index (χ1n) is 5.86. The maximum atomic E-state index is 12.0. The van der Waals surface area contributed by atoms with Gasteiger partial charge in [0.05, 0.1) is 9.90 Å². The average molecular weight is 295 g/mol. The van der Waals surface area contributed by atoms with Crippen LogP contribution in [0, 0.1) is 0 Å². The maximum Gasteiger partial charge on any atom is 0.255 e. The van der Waals surface area contributed by atoms with Crippen molar-refractivity contribution >= 4 is 34.5 Å². The van der Waals surface area contributed by atoms with Crippen LogP contribution in [0.15, 0.2) is 36.4 Å². The van der Waals surface area contributed by atoms with E-state index >= 15 is 0 Å². The fourth-order valence-electron chi connectivity index (χ4n) is 1.69. The van der Waals surface area contributed by atoms with Crippen LogP contribution in [0.3, 0.4) is 0 Å². The number of rotatable bonds is 4. The Kier molecular flexibility index (Phi) is 4.45. The summed E-state index contributed by atoms with van der Waals surface area (Å²) >= 11 is 7.43. The Balaban J connectivity index is 2.14. The van der Waals surface area contributed by atoms with Crippen LogP contribution in [0.1, 0.15) is 15.2 Å². The third-order valence-electron chi connectivity index (χ3n) is 2.65. The highest BCUT2D eigenvalue weighted by Gasteiger charge is 2.12. The second kappa shape index (κ2) is 6.08. The second-order valence-electron chi connectivity index (χ2n) is 4.30. The van der Waals surface area contributed by atoms with Gasteiger partial charge in [0.1, 0.15) is 0 Å². The summed E-state index contributed by atoms with van der Waals surface area (Å²) in [5.74, 6) is -0.00712. The monoisotopic (exact) mass is 294 g/mol. The molecule has 1 amide bonds. The smallest absolute Gasteiger partial charge is 0.255 e. The number of amides is 1. The van der Waals surface area contributed by atoms with Gasteiger partial charge in [-0.3, -0.25) is 4.79 Å². The number of halogens is 1. The van der Waals surface area contributed by atoms with Gasteiger partial charge < -0.3 is 10.2 Å². The van der Waals surface area contributed by atoms with E-state index in [1.807, 2.05) is 36.4 Å². The van der Waals surface area contributed by atoms with Crippen LogP contribution >= 0.6 is 22.9 Å². The van der Waals surface area contributed by atoms with E-state index in [1.165, 1.54) is 11.3 Å². The number of carbonyl (C=O) groups is 1. The van der Waals surface area contributed by atoms with Crippen LogP contribution < -0.4 is 5.32 Å². The van der Waals surface area contributed by atoms with Crippen molar-refractivity contribution in [1.82, 2.24) is 4.90 Å². The molecule has 0 unspecified atom stereocenters. The fraction of sp³-hybridized carbons (Fsp3) is 0.214. The zero-order valence-electron chi connectivity index (χ0n) is 10.8. The molecule has 1 N–H and O–H groups in total. The van der Waals surface area contributed by atoms with E-state index in [9.17, 15) is 4.79 Å². The third kappa shape index (κ3) is 3.49. The molecule has 2 aromatic rings. The van der Waals surface area contributed by atoms with Gasteiger partial charge in [0.2, 0.25) is 0 Å². The molecular weight excluding hydrogens is 280 g/mol. The summed E-state index contributed by atoms with van der Waals surface area (Å²) < 4.78 is 0.773. The number of carbonyl (C=O) groups excluding carboxylic acids is 1. The average Bonchev–Trinajstić information content (AvgIpc) is 2.81. The van der Waals surface area contributed by atoms with Crippen molar-refractivity contribution in [2.45, 2.75) is 6.54 Å². The first-order chi connectivity index (χ1) is 9.08. The van der Waals surface area contributed by atoms with Crippen LogP contribution in [-0.2, 0) is 6.54 Å². The Hall–Kier alpha value is -1.52. The van der Waals surface area contributed by atoms with Gasteiger partial charge in [-0.15, -0.1) is 11.3 Å². The summed E-state index contributed by atoms with van der Waals surface area (Å²) in [6.45, 7) is 0.662. The summed E-state index contributed by atoms with van der Waals surface area (Å²) in [5.41, 5.74) is 1.51. The molecule has 100 valence electrons. The van der Waals surface area contributed by atoms with Crippen molar-refractivity contribution < 1.29 is 4.79 Å². The van der Waals surface area contributed by atoms with Gasteiger partial charge >= 0.3 is 0 Å². The largest absolute Gasteiger partial charge is 0.380 e. The van der Waals surface area contributed by atoms with Gasteiger partial charge in [-0.25, -0.2) is 0 Å². The number of hydrogen-bond acceptors (Lipinski definition) is 3. The van der Waals surface area contributed by atoms with Crippen LogP contribution in [0.5, 0.6) is 0 Å². The Bertz CT molecular complexity index is 580. The standard InChI is InChI=1S/C14H15ClN2OS/c1-17(2)14(18)11-5-3-4-6-12(11)16-9-10-7-8-13(15)19-10/h3-8,16H,9H2,1-2H3. The predicted molar refractivity (Wildman–Crippen MR) is 81.1 cm³/mol. The van der Waals surface area contributed by atoms with E-state index < -0.39 is 0 Å². The van der Waals surface area contributed by atoms with Gasteiger partial charge in [0.15, 0.2) is 0 Å². The zero-order chi connectivity index (χ0) is 13.8. The number of nitrogens with zero attached hydrogens (tertiary/aromatic N) is 1. The first kappa shape index (κ1) is 13.9. The lowest BCUT2D eigenvalue weighted by Gasteiger charge is -2.14. The second-order valence-corrected chi connectivity index (χ2v) is 6.10. The van der Waals surface area contributed by atoms with E-state index in [0.29, 0.717) is 12.1 Å². The van der Waals surface area contributed by atoms with Crippen molar-refractivity contribution in [3.05, 3.63) is 51.2 Å². The molecule has 2 rings (SSSR count). The zero-order valence-corrected chi connectivity index (χ0v) is 12.4. The lowest BCUT2D eigenvalue weighted by atomic mass is 10.1. The molecule has 19 heavy (non-hydrogen) atoms. The molecule has 0 aliphatic carbocycles. The number of thiophene rings is 1. The van der Waals surface area contributed by atoms with Crippen molar-refractivity contribution in [2.75, 3.05) is 19.4 Å². The lowest BCUT2D eigenvalue weighted by molar-refractivity contribution is 0.0828. The van der Waals surface area contributed by atoms with E-state index in [0.717, 1.165) is 14.9 Å². The van der Waals surface area contributed by atoms with Crippen molar-refractivity contribution in [3.63, 3.8) is 0 Å². The molecule has 3 nitrogen and oxygen atoms in total. The van der Waals surface area contributed by atoms with E-state index in [1.54, 1.807) is 19.0 Å². The Morgan fingerprint density at radius 3 is 2.63 bits per heavy atom. The highest BCUT2D eigenvalue weighted by atomic mass is 35.5. The number of hydrogen-bond donors (Lipinski definition) is 1. The minimum absolute atomic E-state index is 0.00712. The first-order valence-corrected chi connectivity index (χ1v) is 7.06. The maximum absolute atomic E-state index is 12.0. The molecule has 0 bridgehead atoms. The summed E-state index contributed by atoms with van der Waals surface area (Å²) in [6, 6.07) is 11.4. The predicted octanol–water partition coefficient (Wildman–Crippen LogP) is 3.72. The van der Waals surface area contributed by atoms with Gasteiger partial charge in [-0.2, -0.15) is 0 Å². The summed E-state index contributed by atoms with van der Waals surface area (Å²) in [4.78, 5) is 14.8. The highest BCUT2D eigenvalue weighted by molar-refractivity contribution is 7.16. The topological polar surface area (TPSA) is 32.3 Å². The molecule has 0 aliphatic rings. The number of nitrogens with one attached hydrogen (secondary N) is 1. The van der Waals surface area contributed by atoms with E-state index in [4.69, 9.17) is 11.6 Å². The van der Waals surface area contributed by atoms with Crippen LogP contribution in [0.2, 0.25) is 4.34 Å². The van der Waals surface area contributed by atoms with Crippen LogP contribution in [0.4, 0.5) is 5.69 Å². The molecule has 0 radical (unpaired) electrons. The Morgan fingerprint density at radius 2 is 2.00 bits per heavy atom. The SMILES string of the molecule is CN(C)C(=O)c1ccccc1NCc1ccc(Cl)s1. The minimum atomic E-state index is -0.00712. The summed E-state index contributed by atoms with van der Waals surface area (Å²) in [6.07, 6.45) is 0. The van der Waals surface area contributed by atoms with Crippen LogP contribution in [0.25, 0.3) is 0 Å². The number of anilines is 1. The summed E-state index contributed by atoms with van der Waals surface area (Å²) in [7, 11) is 3.50. The number of para-hydroxylation sites is 1. The molecule has 0 saturated heterocycles. The normalized spacial score (nSPS) is 10.3. The quantitative estimate of drug-likeness (QED) is 0.932. The van der Waals surface area contributed by atoms with E-state index in [2.05, 4.69) is 5.32 Å². The lowest BCUT2D eigenvalue weighted by Crippen LogP contribution is -2.22. The Morgan fingerprint density at radius 1 is 1.26 bits per heavy atom. The van der Waals surface area contributed by atoms with Gasteiger partial charge in [-0.1, -0.05) is 23.7 Å². The highest BCUT2D eigenvalue weighted by Crippen LogP contribution is 2.23. The fourth-order valence-corrected chi connectivity index (χ4v) is 2.72. The molecule has 1 heterocycles. The molecular formula is C14H15ClN2OS. The molecule has 5 heteroatoms. The Labute approximate surface area is 121 Å². The van der Waals surface area contributed by atoms with Crippen molar-refractivity contribution in [2.24, 2.45) is 0 Å². The molecule has 0 atom stereocenters. The summed E-state index contributed by atoms with van der Waals surface area (Å²) in [5, 5.41) is 3.28. The molecule has 0 spiro atoms. The molecule has 1 aromatic carbocycles. The molecule has 0 fully saturated rings. The molecule has 0 aliphatic heterocycles. The van der Waals surface area contributed by atoms with Crippen molar-refractivity contribution in [3.8, 4) is 0 Å². The third-order valence-corrected chi connectivity index (χ3v) is 3.88.